The van der Waals surface area contributed by atoms with Crippen molar-refractivity contribution in [3.63, 3.8) is 0 Å². The fraction of sp³-hybridized carbons (Fsp3) is 0.389. The summed E-state index contributed by atoms with van der Waals surface area (Å²) in [7, 11) is 2.13. The van der Waals surface area contributed by atoms with Crippen LogP contribution >= 0.6 is 0 Å². The fourth-order valence-electron chi connectivity index (χ4n) is 2.42. The molecule has 0 aliphatic carbocycles. The molecule has 100 valence electrons. The minimum Gasteiger partial charge on any atom is -0.201 e. The summed E-state index contributed by atoms with van der Waals surface area (Å²) in [4.78, 5) is 0. The zero-order valence-electron chi connectivity index (χ0n) is 12.9. The number of hydrogen-bond donors (Lipinski definition) is 0. The molecule has 0 atom stereocenters. The molecule has 2 aromatic rings. The molecule has 0 saturated heterocycles. The molecular weight excluding hydrogens is 230 g/mol. The van der Waals surface area contributed by atoms with Gasteiger partial charge in [-0.05, 0) is 49.4 Å². The number of aromatic nitrogens is 1. The van der Waals surface area contributed by atoms with Crippen molar-refractivity contribution in [1.29, 1.82) is 0 Å². The van der Waals surface area contributed by atoms with Crippen LogP contribution < -0.4 is 4.57 Å². The maximum Gasteiger partial charge on any atom is 0.212 e. The van der Waals surface area contributed by atoms with Gasteiger partial charge in [0.25, 0.3) is 0 Å². The Kier molecular flexibility index (Phi) is 3.75. The Bertz CT molecular complexity index is 609. The third-order valence-corrected chi connectivity index (χ3v) is 3.95. The molecule has 0 amide bonds. The van der Waals surface area contributed by atoms with E-state index in [4.69, 9.17) is 0 Å². The topological polar surface area (TPSA) is 3.88 Å². The lowest BCUT2D eigenvalue weighted by molar-refractivity contribution is -0.660. The second kappa shape index (κ2) is 5.16. The predicted octanol–water partition coefficient (Wildman–Crippen LogP) is 4.23. The van der Waals surface area contributed by atoms with Gasteiger partial charge in [0.2, 0.25) is 5.69 Å². The lowest BCUT2D eigenvalue weighted by Gasteiger charge is -2.11. The van der Waals surface area contributed by atoms with Crippen molar-refractivity contribution in [2.24, 2.45) is 7.05 Å². The zero-order valence-corrected chi connectivity index (χ0v) is 12.9. The Labute approximate surface area is 116 Å². The smallest absolute Gasteiger partial charge is 0.201 e. The fourth-order valence-corrected chi connectivity index (χ4v) is 2.42. The highest BCUT2D eigenvalue weighted by Gasteiger charge is 2.15. The highest BCUT2D eigenvalue weighted by molar-refractivity contribution is 5.63. The van der Waals surface area contributed by atoms with Gasteiger partial charge in [-0.1, -0.05) is 26.0 Å². The van der Waals surface area contributed by atoms with Crippen molar-refractivity contribution in [3.05, 3.63) is 52.7 Å². The van der Waals surface area contributed by atoms with Crippen LogP contribution in [0.1, 0.15) is 42.0 Å². The average Bonchev–Trinajstić information content (AvgIpc) is 2.34. The third-order valence-electron chi connectivity index (χ3n) is 3.95. The number of pyridine rings is 1. The van der Waals surface area contributed by atoms with E-state index in [9.17, 15) is 0 Å². The van der Waals surface area contributed by atoms with Gasteiger partial charge in [-0.25, -0.2) is 4.57 Å². The molecule has 1 nitrogen and oxygen atoms in total. The Balaban J connectivity index is 2.64. The molecule has 0 aliphatic heterocycles. The summed E-state index contributed by atoms with van der Waals surface area (Å²) in [5.74, 6) is 0.566. The van der Waals surface area contributed by atoms with Crippen molar-refractivity contribution >= 4 is 0 Å². The van der Waals surface area contributed by atoms with E-state index in [0.29, 0.717) is 5.92 Å². The van der Waals surface area contributed by atoms with Crippen LogP contribution in [0.3, 0.4) is 0 Å². The summed E-state index contributed by atoms with van der Waals surface area (Å²) in [5, 5.41) is 0. The average molecular weight is 254 g/mol. The minimum absolute atomic E-state index is 0.566. The van der Waals surface area contributed by atoms with E-state index in [-0.39, 0.29) is 0 Å². The lowest BCUT2D eigenvalue weighted by atomic mass is 9.95. The summed E-state index contributed by atoms with van der Waals surface area (Å²) in [6.45, 7) is 11.0. The summed E-state index contributed by atoms with van der Waals surface area (Å²) >= 11 is 0. The molecule has 0 bridgehead atoms. The number of rotatable bonds is 2. The molecule has 0 aliphatic rings. The normalized spacial score (nSPS) is 11.1. The molecule has 0 N–H and O–H groups in total. The van der Waals surface area contributed by atoms with Gasteiger partial charge < -0.3 is 0 Å². The van der Waals surface area contributed by atoms with Gasteiger partial charge in [0.1, 0.15) is 7.05 Å². The molecule has 0 unspecified atom stereocenters. The summed E-state index contributed by atoms with van der Waals surface area (Å²) in [6, 6.07) is 9.11. The summed E-state index contributed by atoms with van der Waals surface area (Å²) in [6.07, 6.45) is 2.21. The molecule has 0 fully saturated rings. The first-order chi connectivity index (χ1) is 8.90. The quantitative estimate of drug-likeness (QED) is 0.706. The maximum absolute atomic E-state index is 2.34. The first-order valence-corrected chi connectivity index (χ1v) is 6.98. The molecule has 1 aromatic heterocycles. The van der Waals surface area contributed by atoms with Crippen LogP contribution in [0, 0.1) is 20.8 Å². The van der Waals surface area contributed by atoms with E-state index in [1.165, 1.54) is 33.5 Å². The van der Waals surface area contributed by atoms with Gasteiger partial charge in [-0.15, -0.1) is 0 Å². The minimum atomic E-state index is 0.566. The molecule has 0 radical (unpaired) electrons. The van der Waals surface area contributed by atoms with Gasteiger partial charge in [0, 0.05) is 17.2 Å². The monoisotopic (exact) mass is 254 g/mol. The highest BCUT2D eigenvalue weighted by atomic mass is 14.9. The largest absolute Gasteiger partial charge is 0.212 e. The molecular formula is C18H24N+. The number of aryl methyl sites for hydroxylation is 4. The van der Waals surface area contributed by atoms with Crippen LogP contribution in [0.2, 0.25) is 0 Å². The van der Waals surface area contributed by atoms with Crippen molar-refractivity contribution in [3.8, 4) is 11.3 Å². The number of nitrogens with zero attached hydrogens (tertiary/aromatic N) is 1. The van der Waals surface area contributed by atoms with E-state index in [2.05, 4.69) is 76.7 Å². The predicted molar refractivity (Wildman–Crippen MR) is 81.4 cm³/mol. The lowest BCUT2D eigenvalue weighted by Crippen LogP contribution is -2.31. The van der Waals surface area contributed by atoms with E-state index >= 15 is 0 Å². The van der Waals surface area contributed by atoms with E-state index in [1.54, 1.807) is 0 Å². The Hall–Kier alpha value is -1.63. The molecule has 1 heterocycles. The Morgan fingerprint density at radius 2 is 1.58 bits per heavy atom. The van der Waals surface area contributed by atoms with Crippen LogP contribution in [0.5, 0.6) is 0 Å². The highest BCUT2D eigenvalue weighted by Crippen LogP contribution is 2.26. The van der Waals surface area contributed by atoms with Crippen LogP contribution in [-0.2, 0) is 7.05 Å². The summed E-state index contributed by atoms with van der Waals surface area (Å²) < 4.78 is 2.23. The summed E-state index contributed by atoms with van der Waals surface area (Å²) in [5.41, 5.74) is 8.06. The van der Waals surface area contributed by atoms with Crippen molar-refractivity contribution in [1.82, 2.24) is 0 Å². The maximum atomic E-state index is 2.34. The zero-order chi connectivity index (χ0) is 14.2. The van der Waals surface area contributed by atoms with Crippen molar-refractivity contribution in [2.45, 2.75) is 40.5 Å². The molecule has 1 heteroatoms. The number of hydrogen-bond acceptors (Lipinski definition) is 0. The van der Waals surface area contributed by atoms with Gasteiger partial charge in [-0.3, -0.25) is 0 Å². The van der Waals surface area contributed by atoms with Gasteiger partial charge in [0.05, 0.1) is 0 Å². The molecule has 2 rings (SSSR count). The van der Waals surface area contributed by atoms with E-state index < -0.39 is 0 Å². The first kappa shape index (κ1) is 13.8. The van der Waals surface area contributed by atoms with Crippen molar-refractivity contribution < 1.29 is 4.57 Å². The Morgan fingerprint density at radius 1 is 0.895 bits per heavy atom. The van der Waals surface area contributed by atoms with E-state index in [1.807, 2.05) is 0 Å². The Morgan fingerprint density at radius 3 is 2.21 bits per heavy atom. The van der Waals surface area contributed by atoms with Gasteiger partial charge in [0.15, 0.2) is 6.20 Å². The molecule has 0 spiro atoms. The van der Waals surface area contributed by atoms with Crippen LogP contribution in [0.4, 0.5) is 0 Å². The van der Waals surface area contributed by atoms with Crippen LogP contribution in [-0.4, -0.2) is 0 Å². The van der Waals surface area contributed by atoms with Crippen molar-refractivity contribution in [2.75, 3.05) is 0 Å². The third kappa shape index (κ3) is 2.70. The molecule has 0 saturated carbocycles. The number of benzene rings is 1. The van der Waals surface area contributed by atoms with Gasteiger partial charge in [-0.2, -0.15) is 0 Å². The second-order valence-corrected chi connectivity index (χ2v) is 5.86. The van der Waals surface area contributed by atoms with E-state index in [0.717, 1.165) is 0 Å². The van der Waals surface area contributed by atoms with Crippen LogP contribution in [0.15, 0.2) is 30.5 Å². The molecule has 1 aromatic carbocycles. The first-order valence-electron chi connectivity index (χ1n) is 6.98. The van der Waals surface area contributed by atoms with Gasteiger partial charge >= 0.3 is 0 Å². The molecule has 19 heavy (non-hydrogen) atoms. The SMILES string of the molecule is Cc1cc(-c2cc(C(C)C)ccc2C)[n+](C)cc1C. The second-order valence-electron chi connectivity index (χ2n) is 5.86. The van der Waals surface area contributed by atoms with Crippen LogP contribution in [0.25, 0.3) is 11.3 Å². The standard InChI is InChI=1S/C18H24N/c1-12(2)16-8-7-13(3)17(10-16)18-9-14(4)15(5)11-19(18)6/h7-12H,1-6H3/q+1.